The first kappa shape index (κ1) is 13.5. The van der Waals surface area contributed by atoms with E-state index in [4.69, 9.17) is 0 Å². The Balaban J connectivity index is 2.04. The molecule has 0 radical (unpaired) electrons. The number of carbonyl (C=O) groups is 2. The number of hydrogen-bond acceptors (Lipinski definition) is 4. The van der Waals surface area contributed by atoms with E-state index >= 15 is 0 Å². The van der Waals surface area contributed by atoms with Crippen LogP contribution in [0.15, 0.2) is 0 Å². The topological polar surface area (TPSA) is 91.0 Å². The fourth-order valence-electron chi connectivity index (χ4n) is 2.27. The number of hydrogen-bond donors (Lipinski definition) is 2. The van der Waals surface area contributed by atoms with Crippen molar-refractivity contribution in [1.82, 2.24) is 25.4 Å². The van der Waals surface area contributed by atoms with E-state index in [2.05, 4.69) is 20.5 Å². The highest BCUT2D eigenvalue weighted by Gasteiger charge is 2.29. The van der Waals surface area contributed by atoms with Gasteiger partial charge in [0.2, 0.25) is 11.7 Å². The third-order valence-corrected chi connectivity index (χ3v) is 3.38. The largest absolute Gasteiger partial charge is 0.359 e. The molecular weight excluding hydrogens is 246 g/mol. The zero-order valence-corrected chi connectivity index (χ0v) is 11.3. The molecule has 1 aromatic rings. The number of aromatic amines is 1. The van der Waals surface area contributed by atoms with Crippen LogP contribution in [0.1, 0.15) is 36.2 Å². The Morgan fingerprint density at radius 3 is 2.95 bits per heavy atom. The van der Waals surface area contributed by atoms with Gasteiger partial charge in [0.25, 0.3) is 5.91 Å². The van der Waals surface area contributed by atoms with E-state index in [1.165, 1.54) is 0 Å². The van der Waals surface area contributed by atoms with Crippen molar-refractivity contribution >= 4 is 11.8 Å². The maximum atomic E-state index is 12.2. The lowest BCUT2D eigenvalue weighted by Gasteiger charge is -2.30. The quantitative estimate of drug-likeness (QED) is 0.802. The van der Waals surface area contributed by atoms with Crippen LogP contribution in [0.2, 0.25) is 0 Å². The zero-order valence-electron chi connectivity index (χ0n) is 11.3. The number of H-pyrrole nitrogens is 1. The molecule has 0 saturated carbocycles. The first-order chi connectivity index (χ1) is 9.15. The minimum Gasteiger partial charge on any atom is -0.359 e. The third kappa shape index (κ3) is 2.91. The average molecular weight is 265 g/mol. The van der Waals surface area contributed by atoms with E-state index in [-0.39, 0.29) is 23.6 Å². The highest BCUT2D eigenvalue weighted by Crippen LogP contribution is 2.17. The molecule has 1 aliphatic rings. The summed E-state index contributed by atoms with van der Waals surface area (Å²) in [6.45, 7) is 3.04. The van der Waals surface area contributed by atoms with E-state index in [0.717, 1.165) is 12.8 Å². The van der Waals surface area contributed by atoms with Crippen LogP contribution in [0.5, 0.6) is 0 Å². The Bertz CT molecular complexity index is 470. The molecule has 1 saturated heterocycles. The molecule has 1 aliphatic heterocycles. The number of amides is 2. The highest BCUT2D eigenvalue weighted by atomic mass is 16.2. The second kappa shape index (κ2) is 5.81. The molecule has 2 rings (SSSR count). The van der Waals surface area contributed by atoms with Crippen LogP contribution in [0.25, 0.3) is 0 Å². The van der Waals surface area contributed by atoms with Gasteiger partial charge in [0.05, 0.1) is 5.92 Å². The zero-order chi connectivity index (χ0) is 13.8. The fourth-order valence-corrected chi connectivity index (χ4v) is 2.27. The summed E-state index contributed by atoms with van der Waals surface area (Å²) in [7, 11) is 1.62. The number of piperidine rings is 1. The lowest BCUT2D eigenvalue weighted by molar-refractivity contribution is -0.125. The summed E-state index contributed by atoms with van der Waals surface area (Å²) in [5, 5.41) is 9.29. The van der Waals surface area contributed by atoms with E-state index < -0.39 is 0 Å². The number of aromatic nitrogens is 3. The molecule has 1 atom stereocenters. The Morgan fingerprint density at radius 2 is 2.32 bits per heavy atom. The number of nitrogens with zero attached hydrogens (tertiary/aromatic N) is 3. The Kier molecular flexibility index (Phi) is 4.13. The number of aryl methyl sites for hydroxylation is 1. The second-order valence-corrected chi connectivity index (χ2v) is 4.66. The molecule has 2 N–H and O–H groups in total. The summed E-state index contributed by atoms with van der Waals surface area (Å²) >= 11 is 0. The molecule has 1 unspecified atom stereocenters. The van der Waals surface area contributed by atoms with E-state index in [1.807, 2.05) is 6.92 Å². The Morgan fingerprint density at radius 1 is 1.53 bits per heavy atom. The molecule has 2 heterocycles. The molecule has 7 heteroatoms. The first-order valence-electron chi connectivity index (χ1n) is 6.57. The standard InChI is InChI=1S/C12H19N5O2/c1-3-9-14-10(16-15-9)12(19)17-6-4-5-8(7-17)11(18)13-2/h8H,3-7H2,1-2H3,(H,13,18)(H,14,15,16). The second-order valence-electron chi connectivity index (χ2n) is 4.66. The molecule has 2 amide bonds. The van der Waals surface area contributed by atoms with E-state index in [9.17, 15) is 9.59 Å². The summed E-state index contributed by atoms with van der Waals surface area (Å²) in [4.78, 5) is 29.7. The molecule has 1 fully saturated rings. The van der Waals surface area contributed by atoms with Gasteiger partial charge in [-0.05, 0) is 12.8 Å². The van der Waals surface area contributed by atoms with E-state index in [1.54, 1.807) is 11.9 Å². The fraction of sp³-hybridized carbons (Fsp3) is 0.667. The van der Waals surface area contributed by atoms with Crippen molar-refractivity contribution < 1.29 is 9.59 Å². The summed E-state index contributed by atoms with van der Waals surface area (Å²) in [6.07, 6.45) is 2.35. The monoisotopic (exact) mass is 265 g/mol. The number of likely N-dealkylation sites (tertiary alicyclic amines) is 1. The van der Waals surface area contributed by atoms with Crippen LogP contribution in [0, 0.1) is 5.92 Å². The molecule has 0 aliphatic carbocycles. The van der Waals surface area contributed by atoms with Gasteiger partial charge in [-0.3, -0.25) is 14.7 Å². The number of rotatable bonds is 3. The van der Waals surface area contributed by atoms with Crippen LogP contribution in [0.4, 0.5) is 0 Å². The summed E-state index contributed by atoms with van der Waals surface area (Å²) in [6, 6.07) is 0. The highest BCUT2D eigenvalue weighted by molar-refractivity contribution is 5.91. The predicted molar refractivity (Wildman–Crippen MR) is 68.5 cm³/mol. The van der Waals surface area contributed by atoms with Crippen molar-refractivity contribution in [3.63, 3.8) is 0 Å². The average Bonchev–Trinajstić information content (AvgIpc) is 2.94. The van der Waals surface area contributed by atoms with Crippen molar-refractivity contribution in [2.45, 2.75) is 26.2 Å². The summed E-state index contributed by atoms with van der Waals surface area (Å²) < 4.78 is 0. The van der Waals surface area contributed by atoms with Crippen molar-refractivity contribution in [2.75, 3.05) is 20.1 Å². The maximum absolute atomic E-state index is 12.2. The summed E-state index contributed by atoms with van der Waals surface area (Å²) in [5.74, 6) is 0.538. The van der Waals surface area contributed by atoms with Crippen molar-refractivity contribution in [2.24, 2.45) is 5.92 Å². The van der Waals surface area contributed by atoms with Crippen molar-refractivity contribution in [1.29, 1.82) is 0 Å². The third-order valence-electron chi connectivity index (χ3n) is 3.38. The SMILES string of the molecule is CCc1nc(C(=O)N2CCCC(C(=O)NC)C2)n[nH]1. The molecule has 0 spiro atoms. The van der Waals surface area contributed by atoms with Gasteiger partial charge in [0.1, 0.15) is 5.82 Å². The van der Waals surface area contributed by atoms with Gasteiger partial charge < -0.3 is 10.2 Å². The molecule has 19 heavy (non-hydrogen) atoms. The molecule has 0 aromatic carbocycles. The smallest absolute Gasteiger partial charge is 0.293 e. The lowest BCUT2D eigenvalue weighted by Crippen LogP contribution is -2.45. The minimum atomic E-state index is -0.204. The number of carbonyl (C=O) groups excluding carboxylic acids is 2. The van der Waals surface area contributed by atoms with Gasteiger partial charge in [-0.25, -0.2) is 4.98 Å². The Hall–Kier alpha value is -1.92. The minimum absolute atomic E-state index is 0.0123. The van der Waals surface area contributed by atoms with Gasteiger partial charge in [0.15, 0.2) is 0 Å². The predicted octanol–water partition coefficient (Wildman–Crippen LogP) is -0.0347. The van der Waals surface area contributed by atoms with E-state index in [0.29, 0.717) is 25.3 Å². The van der Waals surface area contributed by atoms with Crippen LogP contribution < -0.4 is 5.32 Å². The van der Waals surface area contributed by atoms with Gasteiger partial charge in [-0.15, -0.1) is 5.10 Å². The molecule has 1 aromatic heterocycles. The molecular formula is C12H19N5O2. The van der Waals surface area contributed by atoms with Gasteiger partial charge in [-0.1, -0.05) is 6.92 Å². The lowest BCUT2D eigenvalue weighted by atomic mass is 9.97. The first-order valence-corrected chi connectivity index (χ1v) is 6.57. The normalized spacial score (nSPS) is 19.3. The van der Waals surface area contributed by atoms with Gasteiger partial charge in [-0.2, -0.15) is 0 Å². The van der Waals surface area contributed by atoms with Gasteiger partial charge in [0, 0.05) is 26.6 Å². The van der Waals surface area contributed by atoms with Crippen LogP contribution in [-0.2, 0) is 11.2 Å². The maximum Gasteiger partial charge on any atom is 0.293 e. The van der Waals surface area contributed by atoms with Crippen LogP contribution in [-0.4, -0.2) is 52.0 Å². The van der Waals surface area contributed by atoms with Crippen molar-refractivity contribution in [3.05, 3.63) is 11.6 Å². The molecule has 0 bridgehead atoms. The van der Waals surface area contributed by atoms with Crippen molar-refractivity contribution in [3.8, 4) is 0 Å². The summed E-state index contributed by atoms with van der Waals surface area (Å²) in [5.41, 5.74) is 0. The molecule has 7 nitrogen and oxygen atoms in total. The van der Waals surface area contributed by atoms with Crippen LogP contribution in [0.3, 0.4) is 0 Å². The Labute approximate surface area is 111 Å². The number of nitrogens with one attached hydrogen (secondary N) is 2. The molecule has 104 valence electrons. The van der Waals surface area contributed by atoms with Gasteiger partial charge >= 0.3 is 0 Å². The van der Waals surface area contributed by atoms with Crippen LogP contribution >= 0.6 is 0 Å².